The molecule has 1 saturated heterocycles. The number of benzene rings is 1. The summed E-state index contributed by atoms with van der Waals surface area (Å²) in [7, 11) is 0. The zero-order valence-electron chi connectivity index (χ0n) is 18.5. The lowest BCUT2D eigenvalue weighted by Gasteiger charge is -2.22. The second kappa shape index (κ2) is 7.87. The van der Waals surface area contributed by atoms with E-state index < -0.39 is 17.5 Å². The molecule has 1 fully saturated rings. The number of furan rings is 1. The van der Waals surface area contributed by atoms with Crippen molar-refractivity contribution < 1.29 is 18.8 Å². The Morgan fingerprint density at radius 3 is 2.58 bits per heavy atom. The predicted molar refractivity (Wildman–Crippen MR) is 115 cm³/mol. The average Bonchev–Trinajstić information content (AvgIpc) is 3.18. The molecule has 2 aliphatic rings. The molecule has 2 atom stereocenters. The second-order valence-electron chi connectivity index (χ2n) is 8.80. The van der Waals surface area contributed by atoms with Gasteiger partial charge in [0.25, 0.3) is 5.91 Å². The van der Waals surface area contributed by atoms with Crippen molar-refractivity contribution in [2.24, 2.45) is 0 Å². The molecule has 7 nitrogen and oxygen atoms in total. The SMILES string of the molecule is Cc1cc(C2(C)NC(=O)N(CC(=O)NC(C)c3ccc4c(c3)CCCC4)C2=O)c(C)o1. The van der Waals surface area contributed by atoms with Crippen molar-refractivity contribution in [3.63, 3.8) is 0 Å². The molecule has 1 aliphatic carbocycles. The van der Waals surface area contributed by atoms with Gasteiger partial charge < -0.3 is 15.1 Å². The molecule has 2 heterocycles. The lowest BCUT2D eigenvalue weighted by molar-refractivity contribution is -0.135. The number of nitrogens with zero attached hydrogens (tertiary/aromatic N) is 1. The van der Waals surface area contributed by atoms with Crippen LogP contribution in [0.1, 0.15) is 66.5 Å². The number of carbonyl (C=O) groups excluding carboxylic acids is 3. The van der Waals surface area contributed by atoms with Crippen molar-refractivity contribution >= 4 is 17.8 Å². The molecule has 4 amide bonds. The van der Waals surface area contributed by atoms with Crippen LogP contribution in [-0.4, -0.2) is 29.3 Å². The standard InChI is InChI=1S/C24H29N3O4/c1-14-11-20(16(3)31-14)24(4)22(29)27(23(30)26-24)13-21(28)25-15(2)18-10-9-17-7-5-6-8-19(17)12-18/h9-12,15H,5-8,13H2,1-4H3,(H,25,28)(H,26,30). The number of hydrogen-bond donors (Lipinski definition) is 2. The van der Waals surface area contributed by atoms with Crippen LogP contribution in [-0.2, 0) is 28.0 Å². The van der Waals surface area contributed by atoms with E-state index >= 15 is 0 Å². The monoisotopic (exact) mass is 423 g/mol. The largest absolute Gasteiger partial charge is 0.466 e. The van der Waals surface area contributed by atoms with Gasteiger partial charge in [-0.25, -0.2) is 4.79 Å². The third kappa shape index (κ3) is 3.84. The third-order valence-electron chi connectivity index (χ3n) is 6.41. The van der Waals surface area contributed by atoms with E-state index in [1.165, 1.54) is 24.0 Å². The number of rotatable bonds is 5. The molecule has 0 bridgehead atoms. The Bertz CT molecular complexity index is 1060. The Morgan fingerprint density at radius 2 is 1.90 bits per heavy atom. The van der Waals surface area contributed by atoms with Crippen LogP contribution in [0.5, 0.6) is 0 Å². The molecule has 1 aromatic carbocycles. The minimum Gasteiger partial charge on any atom is -0.466 e. The number of fused-ring (bicyclic) bond motifs is 1. The van der Waals surface area contributed by atoms with Gasteiger partial charge in [-0.2, -0.15) is 0 Å². The smallest absolute Gasteiger partial charge is 0.325 e. The van der Waals surface area contributed by atoms with E-state index in [0.29, 0.717) is 17.1 Å². The van der Waals surface area contributed by atoms with Crippen molar-refractivity contribution in [1.29, 1.82) is 0 Å². The van der Waals surface area contributed by atoms with E-state index in [0.717, 1.165) is 23.3 Å². The fourth-order valence-corrected chi connectivity index (χ4v) is 4.69. The highest BCUT2D eigenvalue weighted by atomic mass is 16.3. The molecule has 2 aromatic rings. The van der Waals surface area contributed by atoms with Gasteiger partial charge in [0.1, 0.15) is 23.6 Å². The maximum Gasteiger partial charge on any atom is 0.325 e. The van der Waals surface area contributed by atoms with E-state index in [9.17, 15) is 14.4 Å². The molecule has 1 aliphatic heterocycles. The van der Waals surface area contributed by atoms with E-state index in [1.807, 2.05) is 13.0 Å². The predicted octanol–water partition coefficient (Wildman–Crippen LogP) is 3.42. The summed E-state index contributed by atoms with van der Waals surface area (Å²) < 4.78 is 5.53. The average molecular weight is 424 g/mol. The number of urea groups is 1. The Labute approximate surface area is 182 Å². The summed E-state index contributed by atoms with van der Waals surface area (Å²) in [5.41, 5.74) is 3.12. The lowest BCUT2D eigenvalue weighted by Crippen LogP contribution is -2.43. The summed E-state index contributed by atoms with van der Waals surface area (Å²) in [5.74, 6) is 0.392. The summed E-state index contributed by atoms with van der Waals surface area (Å²) in [5, 5.41) is 5.64. The van der Waals surface area contributed by atoms with Crippen molar-refractivity contribution in [2.75, 3.05) is 6.54 Å². The number of imide groups is 1. The Hall–Kier alpha value is -3.09. The van der Waals surface area contributed by atoms with E-state index in [-0.39, 0.29) is 18.5 Å². The first-order valence-electron chi connectivity index (χ1n) is 10.8. The van der Waals surface area contributed by atoms with E-state index in [1.54, 1.807) is 26.8 Å². The fourth-order valence-electron chi connectivity index (χ4n) is 4.69. The topological polar surface area (TPSA) is 91.7 Å². The molecule has 1 aromatic heterocycles. The van der Waals surface area contributed by atoms with Crippen LogP contribution in [0, 0.1) is 13.8 Å². The van der Waals surface area contributed by atoms with Gasteiger partial charge in [-0.3, -0.25) is 14.5 Å². The van der Waals surface area contributed by atoms with Gasteiger partial charge in [0.05, 0.1) is 6.04 Å². The van der Waals surface area contributed by atoms with Gasteiger partial charge in [-0.15, -0.1) is 0 Å². The molecule has 31 heavy (non-hydrogen) atoms. The first kappa shape index (κ1) is 21.2. The first-order valence-corrected chi connectivity index (χ1v) is 10.8. The molecule has 0 radical (unpaired) electrons. The van der Waals surface area contributed by atoms with E-state index in [4.69, 9.17) is 4.42 Å². The third-order valence-corrected chi connectivity index (χ3v) is 6.41. The summed E-state index contributed by atoms with van der Waals surface area (Å²) in [6.07, 6.45) is 4.59. The van der Waals surface area contributed by atoms with E-state index in [2.05, 4.69) is 22.8 Å². The lowest BCUT2D eigenvalue weighted by atomic mass is 9.89. The first-order chi connectivity index (χ1) is 14.7. The van der Waals surface area contributed by atoms with Gasteiger partial charge >= 0.3 is 6.03 Å². The minimum absolute atomic E-state index is 0.217. The maximum absolute atomic E-state index is 13.1. The summed E-state index contributed by atoms with van der Waals surface area (Å²) in [6.45, 7) is 6.76. The molecule has 164 valence electrons. The molecular weight excluding hydrogens is 394 g/mol. The Kier molecular flexibility index (Phi) is 5.37. The van der Waals surface area contributed by atoms with Gasteiger partial charge in [0, 0.05) is 5.56 Å². The Morgan fingerprint density at radius 1 is 1.19 bits per heavy atom. The molecule has 2 N–H and O–H groups in total. The highest BCUT2D eigenvalue weighted by molar-refractivity contribution is 6.09. The fraction of sp³-hybridized carbons (Fsp3) is 0.458. The van der Waals surface area contributed by atoms with Gasteiger partial charge in [-0.05, 0) is 76.1 Å². The van der Waals surface area contributed by atoms with Crippen LogP contribution in [0.15, 0.2) is 28.7 Å². The molecular formula is C24H29N3O4. The highest BCUT2D eigenvalue weighted by Gasteiger charge is 2.51. The van der Waals surface area contributed by atoms with Gasteiger partial charge in [0.15, 0.2) is 0 Å². The van der Waals surface area contributed by atoms with Crippen LogP contribution in [0.25, 0.3) is 0 Å². The molecule has 4 rings (SSSR count). The number of nitrogens with one attached hydrogen (secondary N) is 2. The Balaban J connectivity index is 1.44. The number of carbonyl (C=O) groups is 3. The highest BCUT2D eigenvalue weighted by Crippen LogP contribution is 2.33. The molecule has 2 unspecified atom stereocenters. The zero-order valence-corrected chi connectivity index (χ0v) is 18.5. The molecule has 0 saturated carbocycles. The molecule has 0 spiro atoms. The van der Waals surface area contributed by atoms with Crippen LogP contribution < -0.4 is 10.6 Å². The van der Waals surface area contributed by atoms with Crippen LogP contribution in [0.4, 0.5) is 4.79 Å². The van der Waals surface area contributed by atoms with Crippen molar-refractivity contribution in [1.82, 2.24) is 15.5 Å². The number of aryl methyl sites for hydroxylation is 4. The van der Waals surface area contributed by atoms with Gasteiger partial charge in [-0.1, -0.05) is 18.2 Å². The van der Waals surface area contributed by atoms with Crippen molar-refractivity contribution in [3.05, 3.63) is 58.0 Å². The van der Waals surface area contributed by atoms with Crippen LogP contribution in [0.3, 0.4) is 0 Å². The van der Waals surface area contributed by atoms with Gasteiger partial charge in [0.2, 0.25) is 5.91 Å². The summed E-state index contributed by atoms with van der Waals surface area (Å²) >= 11 is 0. The summed E-state index contributed by atoms with van der Waals surface area (Å²) in [4.78, 5) is 39.2. The quantitative estimate of drug-likeness (QED) is 0.721. The van der Waals surface area contributed by atoms with Crippen LogP contribution in [0.2, 0.25) is 0 Å². The summed E-state index contributed by atoms with van der Waals surface area (Å²) in [6, 6.07) is 7.30. The minimum atomic E-state index is -1.25. The van der Waals surface area contributed by atoms with Crippen LogP contribution >= 0.6 is 0 Å². The normalized spacial score (nSPS) is 21.6. The molecule has 7 heteroatoms. The zero-order chi connectivity index (χ0) is 22.3. The van der Waals surface area contributed by atoms with Crippen molar-refractivity contribution in [3.8, 4) is 0 Å². The van der Waals surface area contributed by atoms with Crippen molar-refractivity contribution in [2.45, 2.75) is 65.0 Å². The number of amides is 4. The second-order valence-corrected chi connectivity index (χ2v) is 8.80. The maximum atomic E-state index is 13.1. The number of hydrogen-bond acceptors (Lipinski definition) is 4.